The van der Waals surface area contributed by atoms with Gasteiger partial charge < -0.3 is 14.4 Å². The van der Waals surface area contributed by atoms with E-state index in [9.17, 15) is 0 Å². The Kier molecular flexibility index (Phi) is 7.97. The van der Waals surface area contributed by atoms with Crippen molar-refractivity contribution in [2.45, 2.75) is 13.8 Å². The number of hydrogen-bond donors (Lipinski definition) is 0. The molecule has 0 N–H and O–H groups in total. The lowest BCUT2D eigenvalue weighted by molar-refractivity contribution is 0.141. The Balaban J connectivity index is 2.82. The van der Waals surface area contributed by atoms with Crippen LogP contribution in [0.5, 0.6) is 0 Å². The van der Waals surface area contributed by atoms with Gasteiger partial charge in [0, 0.05) is 32.5 Å². The standard InChI is InChI=1S/C14H20ClN3O2/c1-3-19-9-7-18(8-10-20-4-2)14-13(15)12(11-16)5-6-17-14/h5-6H,3-4,7-10H2,1-2H3. The van der Waals surface area contributed by atoms with Crippen molar-refractivity contribution >= 4 is 17.4 Å². The van der Waals surface area contributed by atoms with Gasteiger partial charge in [-0.2, -0.15) is 5.26 Å². The van der Waals surface area contributed by atoms with E-state index in [2.05, 4.69) is 11.1 Å². The highest BCUT2D eigenvalue weighted by atomic mass is 35.5. The number of anilines is 1. The molecule has 1 heterocycles. The van der Waals surface area contributed by atoms with Crippen LogP contribution < -0.4 is 4.90 Å². The molecule has 1 aromatic heterocycles. The third kappa shape index (κ3) is 4.97. The summed E-state index contributed by atoms with van der Waals surface area (Å²) in [4.78, 5) is 6.26. The van der Waals surface area contributed by atoms with Gasteiger partial charge in [-0.1, -0.05) is 11.6 Å². The number of pyridine rings is 1. The lowest BCUT2D eigenvalue weighted by atomic mass is 10.2. The molecule has 0 radical (unpaired) electrons. The van der Waals surface area contributed by atoms with Crippen LogP contribution in [0.4, 0.5) is 5.82 Å². The Morgan fingerprint density at radius 1 is 1.25 bits per heavy atom. The summed E-state index contributed by atoms with van der Waals surface area (Å²) < 4.78 is 10.7. The largest absolute Gasteiger partial charge is 0.380 e. The number of aromatic nitrogens is 1. The monoisotopic (exact) mass is 297 g/mol. The molecule has 0 spiro atoms. The first-order valence-electron chi connectivity index (χ1n) is 6.69. The maximum atomic E-state index is 9.02. The maximum Gasteiger partial charge on any atom is 0.148 e. The third-order valence-corrected chi connectivity index (χ3v) is 3.08. The fourth-order valence-electron chi connectivity index (χ4n) is 1.70. The van der Waals surface area contributed by atoms with E-state index in [1.165, 1.54) is 0 Å². The fourth-order valence-corrected chi connectivity index (χ4v) is 1.97. The lowest BCUT2D eigenvalue weighted by Gasteiger charge is -2.24. The summed E-state index contributed by atoms with van der Waals surface area (Å²) in [5.74, 6) is 0.602. The van der Waals surface area contributed by atoms with Crippen LogP contribution in [0.25, 0.3) is 0 Å². The van der Waals surface area contributed by atoms with Gasteiger partial charge in [0.2, 0.25) is 0 Å². The Morgan fingerprint density at radius 3 is 2.35 bits per heavy atom. The summed E-state index contributed by atoms with van der Waals surface area (Å²) >= 11 is 6.22. The van der Waals surface area contributed by atoms with E-state index < -0.39 is 0 Å². The van der Waals surface area contributed by atoms with Gasteiger partial charge in [0.15, 0.2) is 0 Å². The van der Waals surface area contributed by atoms with Crippen molar-refractivity contribution < 1.29 is 9.47 Å². The molecule has 0 unspecified atom stereocenters. The van der Waals surface area contributed by atoms with Crippen molar-refractivity contribution in [1.29, 1.82) is 5.26 Å². The van der Waals surface area contributed by atoms with Gasteiger partial charge in [-0.15, -0.1) is 0 Å². The Bertz CT molecular complexity index is 439. The van der Waals surface area contributed by atoms with Gasteiger partial charge in [0.25, 0.3) is 0 Å². The fraction of sp³-hybridized carbons (Fsp3) is 0.571. The Morgan fingerprint density at radius 2 is 1.85 bits per heavy atom. The molecule has 1 rings (SSSR count). The van der Waals surface area contributed by atoms with Crippen LogP contribution in [0, 0.1) is 11.3 Å². The zero-order valence-electron chi connectivity index (χ0n) is 11.9. The summed E-state index contributed by atoms with van der Waals surface area (Å²) in [5.41, 5.74) is 0.425. The summed E-state index contributed by atoms with van der Waals surface area (Å²) in [5, 5.41) is 9.40. The number of ether oxygens (including phenoxy) is 2. The first-order chi connectivity index (χ1) is 9.74. The minimum absolute atomic E-state index is 0.378. The van der Waals surface area contributed by atoms with E-state index in [0.717, 1.165) is 0 Å². The van der Waals surface area contributed by atoms with Crippen molar-refractivity contribution in [3.63, 3.8) is 0 Å². The summed E-state index contributed by atoms with van der Waals surface area (Å²) in [6.45, 7) is 7.70. The molecule has 0 aliphatic carbocycles. The summed E-state index contributed by atoms with van der Waals surface area (Å²) in [6, 6.07) is 3.67. The normalized spacial score (nSPS) is 10.3. The van der Waals surface area contributed by atoms with Crippen molar-refractivity contribution in [3.05, 3.63) is 22.8 Å². The van der Waals surface area contributed by atoms with Gasteiger partial charge in [0.05, 0.1) is 18.8 Å². The molecule has 0 fully saturated rings. The SMILES string of the molecule is CCOCCN(CCOCC)c1nccc(C#N)c1Cl. The number of rotatable bonds is 9. The van der Waals surface area contributed by atoms with E-state index >= 15 is 0 Å². The second-order valence-corrected chi connectivity index (χ2v) is 4.37. The van der Waals surface area contributed by atoms with Crippen LogP contribution in [0.2, 0.25) is 5.02 Å². The van der Waals surface area contributed by atoms with Crippen molar-refractivity contribution in [2.75, 3.05) is 44.4 Å². The zero-order valence-corrected chi connectivity index (χ0v) is 12.7. The van der Waals surface area contributed by atoms with Crippen molar-refractivity contribution in [2.24, 2.45) is 0 Å². The van der Waals surface area contributed by atoms with Crippen LogP contribution in [-0.4, -0.2) is 44.5 Å². The molecule has 1 aromatic rings. The summed E-state index contributed by atoms with van der Waals surface area (Å²) in [6.07, 6.45) is 1.59. The molecule has 6 heteroatoms. The van der Waals surface area contributed by atoms with E-state index in [-0.39, 0.29) is 0 Å². The van der Waals surface area contributed by atoms with Crippen molar-refractivity contribution in [1.82, 2.24) is 4.98 Å². The van der Waals surface area contributed by atoms with Gasteiger partial charge in [-0.05, 0) is 19.9 Å². The first kappa shape index (κ1) is 16.7. The molecule has 0 amide bonds. The van der Waals surface area contributed by atoms with E-state index in [1.807, 2.05) is 18.7 Å². The van der Waals surface area contributed by atoms with Gasteiger partial charge in [-0.3, -0.25) is 0 Å². The molecule has 0 atom stereocenters. The molecule has 0 aliphatic rings. The molecule has 0 aromatic carbocycles. The van der Waals surface area contributed by atoms with Crippen LogP contribution in [-0.2, 0) is 9.47 Å². The smallest absolute Gasteiger partial charge is 0.148 e. The third-order valence-electron chi connectivity index (χ3n) is 2.71. The van der Waals surface area contributed by atoms with E-state index in [1.54, 1.807) is 12.3 Å². The second-order valence-electron chi connectivity index (χ2n) is 3.99. The number of nitriles is 1. The highest BCUT2D eigenvalue weighted by Gasteiger charge is 2.14. The van der Waals surface area contributed by atoms with Crippen LogP contribution >= 0.6 is 11.6 Å². The van der Waals surface area contributed by atoms with Crippen LogP contribution in [0.1, 0.15) is 19.4 Å². The molecular weight excluding hydrogens is 278 g/mol. The minimum Gasteiger partial charge on any atom is -0.380 e. The predicted molar refractivity (Wildman–Crippen MR) is 79.2 cm³/mol. The first-order valence-corrected chi connectivity index (χ1v) is 7.07. The average molecular weight is 298 g/mol. The predicted octanol–water partition coefficient (Wildman–Crippen LogP) is 2.49. The zero-order chi connectivity index (χ0) is 14.8. The molecule has 5 nitrogen and oxygen atoms in total. The minimum atomic E-state index is 0.378. The Hall–Kier alpha value is -1.35. The van der Waals surface area contributed by atoms with E-state index in [0.29, 0.717) is 55.9 Å². The molecule has 0 saturated heterocycles. The average Bonchev–Trinajstić information content (AvgIpc) is 2.46. The number of hydrogen-bond acceptors (Lipinski definition) is 5. The molecule has 110 valence electrons. The lowest BCUT2D eigenvalue weighted by Crippen LogP contribution is -2.32. The highest BCUT2D eigenvalue weighted by molar-refractivity contribution is 6.34. The molecule has 20 heavy (non-hydrogen) atoms. The van der Waals surface area contributed by atoms with Gasteiger partial charge in [-0.25, -0.2) is 4.98 Å². The van der Waals surface area contributed by atoms with Gasteiger partial charge in [0.1, 0.15) is 16.9 Å². The number of nitrogens with zero attached hydrogens (tertiary/aromatic N) is 3. The number of halogens is 1. The highest BCUT2D eigenvalue weighted by Crippen LogP contribution is 2.26. The van der Waals surface area contributed by atoms with Crippen molar-refractivity contribution in [3.8, 4) is 6.07 Å². The molecule has 0 aliphatic heterocycles. The molecule has 0 bridgehead atoms. The van der Waals surface area contributed by atoms with Gasteiger partial charge >= 0.3 is 0 Å². The topological polar surface area (TPSA) is 58.4 Å². The van der Waals surface area contributed by atoms with Crippen LogP contribution in [0.3, 0.4) is 0 Å². The van der Waals surface area contributed by atoms with E-state index in [4.69, 9.17) is 26.3 Å². The molecule has 0 saturated carbocycles. The van der Waals surface area contributed by atoms with Crippen LogP contribution in [0.15, 0.2) is 12.3 Å². The second kappa shape index (κ2) is 9.54. The quantitative estimate of drug-likeness (QED) is 0.655. The maximum absolute atomic E-state index is 9.02. The Labute approximate surface area is 125 Å². The summed E-state index contributed by atoms with van der Waals surface area (Å²) in [7, 11) is 0. The molecular formula is C14H20ClN3O2.